The molecule has 4 rings (SSSR count). The van der Waals surface area contributed by atoms with E-state index in [0.717, 1.165) is 22.6 Å². The van der Waals surface area contributed by atoms with E-state index in [4.69, 9.17) is 16.3 Å². The fourth-order valence-corrected chi connectivity index (χ4v) is 3.29. The molecule has 28 heavy (non-hydrogen) atoms. The molecule has 1 heterocycles. The Balaban J connectivity index is 1.51. The minimum Gasteiger partial charge on any atom is -0.473 e. The van der Waals surface area contributed by atoms with Gasteiger partial charge in [-0.05, 0) is 61.0 Å². The van der Waals surface area contributed by atoms with Gasteiger partial charge in [-0.3, -0.25) is 4.79 Å². The molecule has 0 atom stereocenters. The van der Waals surface area contributed by atoms with Crippen molar-refractivity contribution in [2.45, 2.75) is 13.5 Å². The van der Waals surface area contributed by atoms with Gasteiger partial charge >= 0.3 is 0 Å². The van der Waals surface area contributed by atoms with Gasteiger partial charge in [-0.25, -0.2) is 0 Å². The molecule has 0 amide bonds. The molecule has 0 unspecified atom stereocenters. The van der Waals surface area contributed by atoms with Crippen LogP contribution in [0.15, 0.2) is 72.8 Å². The number of rotatable bonds is 4. The summed E-state index contributed by atoms with van der Waals surface area (Å²) in [6.07, 6.45) is 3.39. The number of fused-ring (bicyclic) bond motifs is 1. The van der Waals surface area contributed by atoms with Crippen molar-refractivity contribution in [2.24, 2.45) is 0 Å². The summed E-state index contributed by atoms with van der Waals surface area (Å²) in [4.78, 5) is 14.7. The number of anilines is 1. The monoisotopic (exact) mass is 389 g/mol. The predicted octanol–water partition coefficient (Wildman–Crippen LogP) is 5.90. The lowest BCUT2D eigenvalue weighted by Gasteiger charge is -2.31. The highest BCUT2D eigenvalue weighted by atomic mass is 35.5. The number of carbonyl (C=O) groups is 1. The van der Waals surface area contributed by atoms with Crippen LogP contribution in [-0.2, 0) is 6.54 Å². The number of ether oxygens (including phenoxy) is 1. The number of nitrogens with zero attached hydrogens (tertiary/aromatic N) is 1. The number of hydrogen-bond acceptors (Lipinski definition) is 3. The minimum absolute atomic E-state index is 0.0368. The number of aryl methyl sites for hydroxylation is 1. The average molecular weight is 390 g/mol. The molecule has 140 valence electrons. The molecule has 1 aliphatic rings. The topological polar surface area (TPSA) is 29.5 Å². The smallest absolute Gasteiger partial charge is 0.185 e. The van der Waals surface area contributed by atoms with Crippen LogP contribution >= 0.6 is 11.6 Å². The normalized spacial score (nSPS) is 13.3. The summed E-state index contributed by atoms with van der Waals surface area (Å²) in [5, 5.41) is 0.677. The van der Waals surface area contributed by atoms with Crippen molar-refractivity contribution in [3.63, 3.8) is 0 Å². The zero-order valence-corrected chi connectivity index (χ0v) is 16.3. The lowest BCUT2D eigenvalue weighted by molar-refractivity contribution is 0.104. The van der Waals surface area contributed by atoms with Crippen LogP contribution in [0.4, 0.5) is 5.69 Å². The summed E-state index contributed by atoms with van der Waals surface area (Å²) in [5.41, 5.74) is 4.93. The van der Waals surface area contributed by atoms with Crippen molar-refractivity contribution in [1.29, 1.82) is 0 Å². The zero-order chi connectivity index (χ0) is 19.5. The first kappa shape index (κ1) is 18.3. The summed E-state index contributed by atoms with van der Waals surface area (Å²) >= 11 is 5.89. The Morgan fingerprint density at radius 2 is 1.79 bits per heavy atom. The summed E-state index contributed by atoms with van der Waals surface area (Å²) in [5.74, 6) is 0.798. The Hall–Kier alpha value is -3.04. The summed E-state index contributed by atoms with van der Waals surface area (Å²) < 4.78 is 5.88. The number of benzene rings is 3. The summed E-state index contributed by atoms with van der Waals surface area (Å²) in [7, 11) is 0. The highest BCUT2D eigenvalue weighted by Crippen LogP contribution is 2.29. The van der Waals surface area contributed by atoms with Gasteiger partial charge in [0.2, 0.25) is 0 Å². The van der Waals surface area contributed by atoms with Crippen molar-refractivity contribution in [1.82, 2.24) is 0 Å². The molecule has 0 fully saturated rings. The van der Waals surface area contributed by atoms with Crippen LogP contribution in [0.2, 0.25) is 5.02 Å². The van der Waals surface area contributed by atoms with E-state index in [2.05, 4.69) is 36.1 Å². The van der Waals surface area contributed by atoms with Gasteiger partial charge in [-0.1, -0.05) is 47.5 Å². The maximum Gasteiger partial charge on any atom is 0.185 e. The van der Waals surface area contributed by atoms with E-state index >= 15 is 0 Å². The Labute approximate surface area is 169 Å². The van der Waals surface area contributed by atoms with E-state index in [0.29, 0.717) is 23.9 Å². The Bertz CT molecular complexity index is 1020. The van der Waals surface area contributed by atoms with Gasteiger partial charge in [0.15, 0.2) is 12.5 Å². The number of ketones is 1. The van der Waals surface area contributed by atoms with Crippen LogP contribution in [0.5, 0.6) is 5.75 Å². The largest absolute Gasteiger partial charge is 0.473 e. The second kappa shape index (κ2) is 7.91. The third kappa shape index (κ3) is 4.10. The molecule has 0 bridgehead atoms. The Morgan fingerprint density at radius 1 is 1.04 bits per heavy atom. The molecular formula is C24H20ClNO2. The molecule has 3 nitrogen and oxygen atoms in total. The first-order valence-electron chi connectivity index (χ1n) is 9.14. The fraction of sp³-hybridized carbons (Fsp3) is 0.125. The van der Waals surface area contributed by atoms with E-state index in [-0.39, 0.29) is 5.78 Å². The highest BCUT2D eigenvalue weighted by Gasteiger charge is 2.19. The number of carbonyl (C=O) groups excluding carboxylic acids is 1. The van der Waals surface area contributed by atoms with Crippen LogP contribution < -0.4 is 9.64 Å². The van der Waals surface area contributed by atoms with Crippen molar-refractivity contribution in [3.8, 4) is 5.75 Å². The Kier molecular flexibility index (Phi) is 5.18. The molecule has 3 aromatic rings. The second-order valence-electron chi connectivity index (χ2n) is 6.88. The SMILES string of the molecule is Cc1ccc(N2COc3ccc(C(=O)/C=C/c4ccc(Cl)cc4)cc3C2)cc1. The molecule has 0 spiro atoms. The lowest BCUT2D eigenvalue weighted by atomic mass is 10.0. The van der Waals surface area contributed by atoms with E-state index in [1.165, 1.54) is 5.56 Å². The maximum atomic E-state index is 12.6. The van der Waals surface area contributed by atoms with Gasteiger partial charge in [-0.15, -0.1) is 0 Å². The minimum atomic E-state index is -0.0368. The average Bonchev–Trinajstić information content (AvgIpc) is 2.73. The fourth-order valence-electron chi connectivity index (χ4n) is 3.16. The van der Waals surface area contributed by atoms with Crippen LogP contribution in [0.25, 0.3) is 6.08 Å². The van der Waals surface area contributed by atoms with Gasteiger partial charge in [-0.2, -0.15) is 0 Å². The van der Waals surface area contributed by atoms with Crippen LogP contribution in [0.3, 0.4) is 0 Å². The van der Waals surface area contributed by atoms with E-state index < -0.39 is 0 Å². The molecular weight excluding hydrogens is 370 g/mol. The molecule has 0 saturated carbocycles. The molecule has 4 heteroatoms. The number of hydrogen-bond donors (Lipinski definition) is 0. The summed E-state index contributed by atoms with van der Waals surface area (Å²) in [6.45, 7) is 3.28. The van der Waals surface area contributed by atoms with Crippen LogP contribution in [0.1, 0.15) is 27.0 Å². The standard InChI is InChI=1S/C24H20ClNO2/c1-17-2-10-22(11-3-17)26-15-20-14-19(7-13-24(20)28-16-26)23(27)12-6-18-4-8-21(25)9-5-18/h2-14H,15-16H2,1H3/b12-6+. The molecule has 0 aromatic heterocycles. The van der Waals surface area contributed by atoms with Gasteiger partial charge in [0.25, 0.3) is 0 Å². The number of halogens is 1. The van der Waals surface area contributed by atoms with E-state index in [1.54, 1.807) is 12.2 Å². The lowest BCUT2D eigenvalue weighted by Crippen LogP contribution is -2.31. The third-order valence-corrected chi connectivity index (χ3v) is 5.03. The van der Waals surface area contributed by atoms with Gasteiger partial charge in [0.1, 0.15) is 5.75 Å². The molecule has 0 aliphatic carbocycles. The van der Waals surface area contributed by atoms with Crippen molar-refractivity contribution in [3.05, 3.63) is 100 Å². The molecule has 0 N–H and O–H groups in total. The van der Waals surface area contributed by atoms with Crippen LogP contribution in [-0.4, -0.2) is 12.5 Å². The van der Waals surface area contributed by atoms with Gasteiger partial charge < -0.3 is 9.64 Å². The zero-order valence-electron chi connectivity index (χ0n) is 15.6. The highest BCUT2D eigenvalue weighted by molar-refractivity contribution is 6.30. The van der Waals surface area contributed by atoms with E-state index in [1.807, 2.05) is 42.5 Å². The van der Waals surface area contributed by atoms with Gasteiger partial charge in [0.05, 0.1) is 0 Å². The van der Waals surface area contributed by atoms with E-state index in [9.17, 15) is 4.79 Å². The first-order valence-corrected chi connectivity index (χ1v) is 9.51. The van der Waals surface area contributed by atoms with Crippen molar-refractivity contribution >= 4 is 29.1 Å². The first-order chi connectivity index (χ1) is 13.6. The van der Waals surface area contributed by atoms with Gasteiger partial charge in [0, 0.05) is 28.4 Å². The molecule has 0 radical (unpaired) electrons. The molecule has 1 aliphatic heterocycles. The predicted molar refractivity (Wildman–Crippen MR) is 114 cm³/mol. The quantitative estimate of drug-likeness (QED) is 0.411. The molecule has 0 saturated heterocycles. The Morgan fingerprint density at radius 3 is 2.54 bits per heavy atom. The van der Waals surface area contributed by atoms with Crippen molar-refractivity contribution < 1.29 is 9.53 Å². The third-order valence-electron chi connectivity index (χ3n) is 4.78. The number of allylic oxidation sites excluding steroid dienone is 1. The van der Waals surface area contributed by atoms with Crippen molar-refractivity contribution in [2.75, 3.05) is 11.6 Å². The summed E-state index contributed by atoms with van der Waals surface area (Å²) in [6, 6.07) is 21.4. The van der Waals surface area contributed by atoms with Crippen LogP contribution in [0, 0.1) is 6.92 Å². The maximum absolute atomic E-state index is 12.6. The second-order valence-corrected chi connectivity index (χ2v) is 7.32. The molecule has 3 aromatic carbocycles.